The van der Waals surface area contributed by atoms with E-state index in [9.17, 15) is 9.90 Å². The van der Waals surface area contributed by atoms with E-state index in [1.165, 1.54) is 15.6 Å². The Bertz CT molecular complexity index is 936. The number of hydrogen-bond donors (Lipinski definition) is 1. The molecule has 0 bridgehead atoms. The third-order valence-corrected chi connectivity index (χ3v) is 7.92. The molecule has 0 unspecified atom stereocenters. The fraction of sp³-hybridized carbons (Fsp3) is 0.480. The Morgan fingerprint density at radius 3 is 2.48 bits per heavy atom. The number of aromatic carboxylic acids is 1. The number of carboxylic acids is 1. The number of carboxylic acid groups (broad SMARTS) is 1. The predicted molar refractivity (Wildman–Crippen MR) is 123 cm³/mol. The van der Waals surface area contributed by atoms with Crippen LogP contribution in [0.15, 0.2) is 36.4 Å². The van der Waals surface area contributed by atoms with E-state index in [-0.39, 0.29) is 32.6 Å². The number of methoxy groups -OCH3 is 1. The Morgan fingerprint density at radius 2 is 1.77 bits per heavy atom. The molecular formula is C25H32O5Se. The van der Waals surface area contributed by atoms with E-state index in [1.54, 1.807) is 19.2 Å². The molecule has 1 aliphatic rings. The van der Waals surface area contributed by atoms with Crippen LogP contribution in [0, 0.1) is 0 Å². The number of hydrogen-bond acceptors (Lipinski definition) is 4. The van der Waals surface area contributed by atoms with Gasteiger partial charge in [0, 0.05) is 0 Å². The molecule has 0 heterocycles. The van der Waals surface area contributed by atoms with Crippen molar-refractivity contribution in [1.82, 2.24) is 0 Å². The minimum absolute atomic E-state index is 0.0153. The second kappa shape index (κ2) is 9.74. The van der Waals surface area contributed by atoms with Gasteiger partial charge in [-0.05, 0) is 0 Å². The zero-order chi connectivity index (χ0) is 22.6. The fourth-order valence-electron chi connectivity index (χ4n) is 4.01. The van der Waals surface area contributed by atoms with Gasteiger partial charge in [0.2, 0.25) is 0 Å². The van der Waals surface area contributed by atoms with E-state index in [0.717, 1.165) is 23.1 Å². The quantitative estimate of drug-likeness (QED) is 0.331. The summed E-state index contributed by atoms with van der Waals surface area (Å²) in [5, 5.41) is 9.33. The van der Waals surface area contributed by atoms with Crippen molar-refractivity contribution >= 4 is 29.8 Å². The van der Waals surface area contributed by atoms with Gasteiger partial charge in [0.1, 0.15) is 0 Å². The minimum atomic E-state index is -0.900. The van der Waals surface area contributed by atoms with Crippen molar-refractivity contribution in [3.8, 4) is 5.75 Å². The van der Waals surface area contributed by atoms with E-state index in [2.05, 4.69) is 39.8 Å². The van der Waals surface area contributed by atoms with E-state index in [1.807, 2.05) is 12.1 Å². The number of carbonyl (C=O) groups is 1. The fourth-order valence-corrected chi connectivity index (χ4v) is 6.00. The monoisotopic (exact) mass is 492 g/mol. The van der Waals surface area contributed by atoms with Gasteiger partial charge in [-0.25, -0.2) is 0 Å². The van der Waals surface area contributed by atoms with Crippen LogP contribution in [0.25, 0.3) is 0 Å². The van der Waals surface area contributed by atoms with Gasteiger partial charge in [0.25, 0.3) is 0 Å². The number of ether oxygens (including phenoxy) is 3. The molecule has 0 saturated carbocycles. The summed E-state index contributed by atoms with van der Waals surface area (Å²) in [6, 6.07) is 11.6. The van der Waals surface area contributed by atoms with E-state index < -0.39 is 5.97 Å². The molecule has 0 aliphatic heterocycles. The summed E-state index contributed by atoms with van der Waals surface area (Å²) in [6.45, 7) is 10.3. The number of rotatable bonds is 9. The Labute approximate surface area is 191 Å². The maximum absolute atomic E-state index is 11.4. The molecule has 0 spiro atoms. The summed E-state index contributed by atoms with van der Waals surface area (Å²) in [5.74, 6) is -0.0258. The van der Waals surface area contributed by atoms with Gasteiger partial charge in [-0.2, -0.15) is 0 Å². The molecule has 1 N–H and O–H groups in total. The van der Waals surface area contributed by atoms with Crippen LogP contribution < -0.4 is 13.7 Å². The summed E-state index contributed by atoms with van der Waals surface area (Å²) >= 11 is -0.0345. The molecule has 0 atom stereocenters. The van der Waals surface area contributed by atoms with Crippen molar-refractivity contribution < 1.29 is 24.1 Å². The molecule has 5 nitrogen and oxygen atoms in total. The van der Waals surface area contributed by atoms with Crippen molar-refractivity contribution in [2.75, 3.05) is 27.1 Å². The van der Waals surface area contributed by atoms with Crippen molar-refractivity contribution in [1.29, 1.82) is 0 Å². The van der Waals surface area contributed by atoms with Crippen LogP contribution in [0.5, 0.6) is 5.75 Å². The normalized spacial score (nSPS) is 16.5. The Morgan fingerprint density at radius 1 is 1.03 bits per heavy atom. The molecule has 168 valence electrons. The molecular weight excluding hydrogens is 459 g/mol. The molecule has 1 aliphatic carbocycles. The van der Waals surface area contributed by atoms with Crippen LogP contribution in [0.2, 0.25) is 0 Å². The summed E-state index contributed by atoms with van der Waals surface area (Å²) in [4.78, 5) is 11.4. The molecule has 0 aromatic heterocycles. The van der Waals surface area contributed by atoms with Crippen LogP contribution in [-0.2, 0) is 20.3 Å². The van der Waals surface area contributed by atoms with Crippen LogP contribution in [0.3, 0.4) is 0 Å². The Balaban J connectivity index is 1.98. The second-order valence-corrected chi connectivity index (χ2v) is 11.6. The molecule has 0 fully saturated rings. The van der Waals surface area contributed by atoms with Crippen LogP contribution in [0.4, 0.5) is 0 Å². The molecule has 2 aromatic rings. The van der Waals surface area contributed by atoms with E-state index in [0.29, 0.717) is 18.8 Å². The maximum atomic E-state index is 11.4. The van der Waals surface area contributed by atoms with Crippen LogP contribution in [0.1, 0.15) is 62.0 Å². The molecule has 3 rings (SSSR count). The van der Waals surface area contributed by atoms with Crippen molar-refractivity contribution in [3.05, 3.63) is 53.1 Å². The molecule has 31 heavy (non-hydrogen) atoms. The third kappa shape index (κ3) is 5.69. The van der Waals surface area contributed by atoms with Crippen molar-refractivity contribution in [2.24, 2.45) is 0 Å². The van der Waals surface area contributed by atoms with Gasteiger partial charge in [-0.15, -0.1) is 0 Å². The van der Waals surface area contributed by atoms with Gasteiger partial charge in [0.05, 0.1) is 0 Å². The van der Waals surface area contributed by atoms with Crippen LogP contribution in [-0.4, -0.2) is 53.1 Å². The summed E-state index contributed by atoms with van der Waals surface area (Å²) in [6.07, 6.45) is 2.21. The van der Waals surface area contributed by atoms with Crippen LogP contribution >= 0.6 is 0 Å². The zero-order valence-corrected chi connectivity index (χ0v) is 20.7. The molecule has 0 amide bonds. The second-order valence-electron chi connectivity index (χ2n) is 9.21. The summed E-state index contributed by atoms with van der Waals surface area (Å²) in [5.41, 5.74) is 2.97. The topological polar surface area (TPSA) is 65.0 Å². The van der Waals surface area contributed by atoms with Gasteiger partial charge >= 0.3 is 191 Å². The van der Waals surface area contributed by atoms with E-state index in [4.69, 9.17) is 14.2 Å². The first-order valence-electron chi connectivity index (χ1n) is 10.5. The standard InChI is InChI=1S/C25H32O5Se/c1-24(2)9-10-25(3,4)22-20(24)14-19(15-21(22)30-16-29-12-11-28-5)31-18-8-6-7-17(13-18)23(26)27/h6-8,13-15H,9-12,16H2,1-5H3,(H,26,27). The zero-order valence-electron chi connectivity index (χ0n) is 19.0. The van der Waals surface area contributed by atoms with Crippen molar-refractivity contribution in [2.45, 2.75) is 51.4 Å². The molecule has 0 saturated heterocycles. The third-order valence-electron chi connectivity index (χ3n) is 5.90. The SMILES string of the molecule is COCCOCOc1cc([Se]c2cccc(C(=O)O)c2)cc2c1C(C)(C)CCC2(C)C. The summed E-state index contributed by atoms with van der Waals surface area (Å²) in [7, 11) is 1.65. The molecule has 6 heteroatoms. The first kappa shape index (κ1) is 23.8. The Hall–Kier alpha value is -1.85. The number of fused-ring (bicyclic) bond motifs is 1. The van der Waals surface area contributed by atoms with Crippen molar-refractivity contribution in [3.63, 3.8) is 0 Å². The first-order chi connectivity index (χ1) is 14.6. The molecule has 0 radical (unpaired) electrons. The van der Waals surface area contributed by atoms with E-state index >= 15 is 0 Å². The van der Waals surface area contributed by atoms with Gasteiger partial charge < -0.3 is 0 Å². The Kier molecular flexibility index (Phi) is 7.48. The van der Waals surface area contributed by atoms with Gasteiger partial charge in [-0.3, -0.25) is 0 Å². The number of benzene rings is 2. The average Bonchev–Trinajstić information content (AvgIpc) is 2.71. The average molecular weight is 491 g/mol. The van der Waals surface area contributed by atoms with Gasteiger partial charge in [-0.1, -0.05) is 0 Å². The predicted octanol–water partition coefficient (Wildman–Crippen LogP) is 3.39. The first-order valence-corrected chi connectivity index (χ1v) is 12.2. The van der Waals surface area contributed by atoms with Gasteiger partial charge in [0.15, 0.2) is 0 Å². The molecule has 2 aromatic carbocycles. The summed E-state index contributed by atoms with van der Waals surface area (Å²) < 4.78 is 19.0.